The molecule has 0 saturated heterocycles. The van der Waals surface area contributed by atoms with Crippen LogP contribution in [0.25, 0.3) is 0 Å². The maximum Gasteiger partial charge on any atom is 0.472 e. The fourth-order valence-electron chi connectivity index (χ4n) is 11.9. The van der Waals surface area contributed by atoms with Crippen molar-refractivity contribution >= 4 is 39.5 Å². The number of unbranched alkanes of at least 4 members (excludes halogenated alkanes) is 43. The van der Waals surface area contributed by atoms with Crippen LogP contribution < -0.4 is 0 Å². The Kier molecular flexibility index (Phi) is 67.1. The van der Waals surface area contributed by atoms with Gasteiger partial charge in [0.1, 0.15) is 19.3 Å². The number of phosphoric acid groups is 2. The van der Waals surface area contributed by atoms with Gasteiger partial charge in [-0.05, 0) is 43.4 Å². The fraction of sp³-hybridized carbons (Fsp3) is 0.949. The lowest BCUT2D eigenvalue weighted by atomic mass is 9.99. The van der Waals surface area contributed by atoms with Crippen LogP contribution in [0.1, 0.15) is 402 Å². The third-order valence-electron chi connectivity index (χ3n) is 18.5. The summed E-state index contributed by atoms with van der Waals surface area (Å²) >= 11 is 0. The van der Waals surface area contributed by atoms with Crippen LogP contribution >= 0.6 is 15.6 Å². The Morgan fingerprint density at radius 3 is 0.784 bits per heavy atom. The lowest BCUT2D eigenvalue weighted by Gasteiger charge is -2.21. The van der Waals surface area contributed by atoms with Crippen molar-refractivity contribution in [1.29, 1.82) is 0 Å². The summed E-state index contributed by atoms with van der Waals surface area (Å²) in [5.74, 6) is 0.151. The average Bonchev–Trinajstić information content (AvgIpc) is 1.13. The molecule has 0 amide bonds. The van der Waals surface area contributed by atoms with E-state index in [1.807, 2.05) is 0 Å². The van der Waals surface area contributed by atoms with Gasteiger partial charge < -0.3 is 33.8 Å². The summed E-state index contributed by atoms with van der Waals surface area (Å²) in [5.41, 5.74) is 0. The summed E-state index contributed by atoms with van der Waals surface area (Å²) in [6.45, 7) is 11.9. The van der Waals surface area contributed by atoms with Crippen LogP contribution in [0.15, 0.2) is 0 Å². The molecule has 0 bridgehead atoms. The minimum atomic E-state index is -4.96. The normalized spacial score (nSPS) is 14.3. The molecule has 0 aliphatic carbocycles. The molecule has 0 aliphatic rings. The van der Waals surface area contributed by atoms with Crippen LogP contribution in [0, 0.1) is 17.8 Å². The first kappa shape index (κ1) is 95.1. The van der Waals surface area contributed by atoms with E-state index >= 15 is 0 Å². The highest BCUT2D eigenvalue weighted by Gasteiger charge is 2.30. The highest BCUT2D eigenvalue weighted by Crippen LogP contribution is 2.45. The van der Waals surface area contributed by atoms with Crippen LogP contribution in [-0.2, 0) is 65.4 Å². The number of hydrogen-bond donors (Lipinski definition) is 3. The molecule has 0 aliphatic heterocycles. The molecule has 0 fully saturated rings. The van der Waals surface area contributed by atoms with E-state index in [2.05, 4.69) is 48.5 Å². The van der Waals surface area contributed by atoms with Crippen molar-refractivity contribution in [2.75, 3.05) is 39.6 Å². The summed E-state index contributed by atoms with van der Waals surface area (Å²) in [6.07, 6.45) is 55.7. The van der Waals surface area contributed by atoms with Crippen molar-refractivity contribution in [3.8, 4) is 0 Å². The molecule has 576 valence electrons. The van der Waals surface area contributed by atoms with Gasteiger partial charge >= 0.3 is 39.5 Å². The SMILES string of the molecule is CCCCCCCCCCCCCCCCCC(=O)OC[C@H](COP(=O)(O)OC[C@@H](O)COP(=O)(O)OC[C@@H](COC(=O)CCCCCCCCC(C)C)OC(=O)CCCCCCCCCCC(C)CC)OC(=O)CCCCCCCCCCCCCCCCCCCCC(C)C. The summed E-state index contributed by atoms with van der Waals surface area (Å²) in [6, 6.07) is 0. The molecule has 0 aromatic heterocycles. The van der Waals surface area contributed by atoms with E-state index < -0.39 is 97.5 Å². The number of ether oxygens (including phenoxy) is 4. The standard InChI is InChI=1S/C78H152O17P2/c1-8-10-11-12-13-14-15-16-21-25-28-31-37-45-52-59-75(80)88-65-73(94-77(82)61-54-47-38-32-29-26-23-20-18-17-19-22-24-27-30-35-42-49-56-69(3)4)67-92-96(84,85)90-63-72(79)64-91-97(86,87)93-68-74(66-89-76(81)60-53-46-41-40-43-50-57-70(5)6)95-78(83)62-55-48-39-34-33-36-44-51-58-71(7)9-2/h69-74,79H,8-68H2,1-7H3,(H,84,85)(H,86,87)/t71?,72-,73-,74-/m1/s1. The van der Waals surface area contributed by atoms with E-state index in [0.717, 1.165) is 108 Å². The topological polar surface area (TPSA) is 237 Å². The second kappa shape index (κ2) is 68.5. The Hall–Kier alpha value is -1.94. The molecular formula is C78H152O17P2. The minimum Gasteiger partial charge on any atom is -0.462 e. The van der Waals surface area contributed by atoms with Crippen molar-refractivity contribution < 1.29 is 80.2 Å². The predicted octanol–water partition coefficient (Wildman–Crippen LogP) is 23.0. The summed E-state index contributed by atoms with van der Waals surface area (Å²) in [5, 5.41) is 10.6. The first-order chi connectivity index (χ1) is 46.8. The first-order valence-corrected chi connectivity index (χ1v) is 43.4. The van der Waals surface area contributed by atoms with E-state index in [-0.39, 0.29) is 25.7 Å². The highest BCUT2D eigenvalue weighted by molar-refractivity contribution is 7.47. The van der Waals surface area contributed by atoms with Gasteiger partial charge in [0.05, 0.1) is 26.4 Å². The Bertz CT molecular complexity index is 1890. The van der Waals surface area contributed by atoms with E-state index in [1.54, 1.807) is 0 Å². The Balaban J connectivity index is 5.21. The van der Waals surface area contributed by atoms with Crippen molar-refractivity contribution in [2.45, 2.75) is 420 Å². The number of esters is 4. The van der Waals surface area contributed by atoms with Crippen molar-refractivity contribution in [3.05, 3.63) is 0 Å². The largest absolute Gasteiger partial charge is 0.472 e. The molecule has 0 radical (unpaired) electrons. The molecule has 0 aromatic carbocycles. The van der Waals surface area contributed by atoms with Crippen LogP contribution in [0.5, 0.6) is 0 Å². The summed E-state index contributed by atoms with van der Waals surface area (Å²) in [4.78, 5) is 72.8. The molecular weight excluding hydrogens is 1270 g/mol. The van der Waals surface area contributed by atoms with E-state index in [1.165, 1.54) is 205 Å². The molecule has 3 unspecified atom stereocenters. The molecule has 0 aromatic rings. The number of carbonyl (C=O) groups excluding carboxylic acids is 4. The number of aliphatic hydroxyl groups is 1. The maximum absolute atomic E-state index is 13.1. The third kappa shape index (κ3) is 70.9. The Labute approximate surface area is 594 Å². The molecule has 6 atom stereocenters. The molecule has 17 nitrogen and oxygen atoms in total. The number of phosphoric ester groups is 2. The van der Waals surface area contributed by atoms with Gasteiger partial charge in [-0.15, -0.1) is 0 Å². The summed E-state index contributed by atoms with van der Waals surface area (Å²) < 4.78 is 68.5. The van der Waals surface area contributed by atoms with Crippen LogP contribution in [0.3, 0.4) is 0 Å². The van der Waals surface area contributed by atoms with Gasteiger partial charge in [0.2, 0.25) is 0 Å². The average molecular weight is 1420 g/mol. The number of carbonyl (C=O) groups is 4. The lowest BCUT2D eigenvalue weighted by Crippen LogP contribution is -2.30. The quantitative estimate of drug-likeness (QED) is 0.0222. The number of aliphatic hydroxyl groups excluding tert-OH is 1. The molecule has 0 spiro atoms. The number of hydrogen-bond acceptors (Lipinski definition) is 15. The number of rotatable bonds is 76. The van der Waals surface area contributed by atoms with Gasteiger partial charge in [-0.25, -0.2) is 9.13 Å². The monoisotopic (exact) mass is 1420 g/mol. The molecule has 0 saturated carbocycles. The minimum absolute atomic E-state index is 0.104. The second-order valence-corrected chi connectivity index (χ2v) is 32.2. The molecule has 97 heavy (non-hydrogen) atoms. The van der Waals surface area contributed by atoms with Crippen molar-refractivity contribution in [1.82, 2.24) is 0 Å². The van der Waals surface area contributed by atoms with E-state index in [0.29, 0.717) is 31.6 Å². The van der Waals surface area contributed by atoms with E-state index in [4.69, 9.17) is 37.0 Å². The van der Waals surface area contributed by atoms with Crippen LogP contribution in [0.2, 0.25) is 0 Å². The maximum atomic E-state index is 13.1. The molecule has 19 heteroatoms. The lowest BCUT2D eigenvalue weighted by molar-refractivity contribution is -0.161. The zero-order valence-electron chi connectivity index (χ0n) is 63.5. The van der Waals surface area contributed by atoms with Crippen molar-refractivity contribution in [3.63, 3.8) is 0 Å². The Morgan fingerprint density at radius 2 is 0.526 bits per heavy atom. The molecule has 3 N–H and O–H groups in total. The molecule has 0 heterocycles. The Morgan fingerprint density at radius 1 is 0.299 bits per heavy atom. The zero-order valence-corrected chi connectivity index (χ0v) is 65.3. The zero-order chi connectivity index (χ0) is 71.6. The van der Waals surface area contributed by atoms with Gasteiger partial charge in [-0.2, -0.15) is 0 Å². The van der Waals surface area contributed by atoms with Gasteiger partial charge in [0, 0.05) is 25.7 Å². The smallest absolute Gasteiger partial charge is 0.462 e. The predicted molar refractivity (Wildman–Crippen MR) is 395 cm³/mol. The fourth-order valence-corrected chi connectivity index (χ4v) is 13.5. The van der Waals surface area contributed by atoms with Crippen LogP contribution in [0.4, 0.5) is 0 Å². The second-order valence-electron chi connectivity index (χ2n) is 29.3. The van der Waals surface area contributed by atoms with Crippen molar-refractivity contribution in [2.24, 2.45) is 17.8 Å². The van der Waals surface area contributed by atoms with Gasteiger partial charge in [0.15, 0.2) is 12.2 Å². The highest BCUT2D eigenvalue weighted by atomic mass is 31.2. The first-order valence-electron chi connectivity index (χ1n) is 40.4. The van der Waals surface area contributed by atoms with Crippen LogP contribution in [-0.4, -0.2) is 96.7 Å². The van der Waals surface area contributed by atoms with Gasteiger partial charge in [0.25, 0.3) is 0 Å². The van der Waals surface area contributed by atoms with E-state index in [9.17, 15) is 43.2 Å². The van der Waals surface area contributed by atoms with Gasteiger partial charge in [-0.3, -0.25) is 37.3 Å². The summed E-state index contributed by atoms with van der Waals surface area (Å²) in [7, 11) is -9.91. The molecule has 0 rings (SSSR count). The van der Waals surface area contributed by atoms with Gasteiger partial charge in [-0.1, -0.05) is 350 Å². The third-order valence-corrected chi connectivity index (χ3v) is 20.4.